The molecular formula is C12H18O3S. The smallest absolute Gasteiger partial charge is 0.263 e. The van der Waals surface area contributed by atoms with Crippen LogP contribution in [0.1, 0.15) is 33.1 Å². The highest BCUT2D eigenvalue weighted by Gasteiger charge is 2.19. The minimum atomic E-state index is -3.59. The third kappa shape index (κ3) is 3.61. The second kappa shape index (κ2) is 6.01. The monoisotopic (exact) mass is 242 g/mol. The minimum absolute atomic E-state index is 0.213. The summed E-state index contributed by atoms with van der Waals surface area (Å²) in [6.45, 7) is 3.95. The Morgan fingerprint density at radius 1 is 1.19 bits per heavy atom. The molecule has 1 atom stereocenters. The van der Waals surface area contributed by atoms with Crippen LogP contribution in [-0.4, -0.2) is 14.5 Å². The third-order valence-electron chi connectivity index (χ3n) is 2.36. The Balaban J connectivity index is 2.79. The normalized spacial score (nSPS) is 13.6. The van der Waals surface area contributed by atoms with Crippen molar-refractivity contribution in [2.45, 2.75) is 44.1 Å². The molecule has 0 saturated heterocycles. The molecule has 0 fully saturated rings. The van der Waals surface area contributed by atoms with Crippen LogP contribution in [0.25, 0.3) is 0 Å². The fraction of sp³-hybridized carbons (Fsp3) is 0.500. The van der Waals surface area contributed by atoms with Gasteiger partial charge in [0.25, 0.3) is 10.1 Å². The van der Waals surface area contributed by atoms with E-state index in [-0.39, 0.29) is 11.0 Å². The van der Waals surface area contributed by atoms with Crippen LogP contribution >= 0.6 is 0 Å². The lowest BCUT2D eigenvalue weighted by molar-refractivity contribution is 0.193. The second-order valence-corrected chi connectivity index (χ2v) is 5.25. The maximum Gasteiger partial charge on any atom is 0.297 e. The summed E-state index contributed by atoms with van der Waals surface area (Å²) in [5, 5.41) is 0. The first-order valence-corrected chi connectivity index (χ1v) is 6.99. The molecule has 0 spiro atoms. The Kier molecular flexibility index (Phi) is 4.96. The number of hydrogen-bond acceptors (Lipinski definition) is 3. The maximum absolute atomic E-state index is 11.9. The molecule has 4 heteroatoms. The summed E-state index contributed by atoms with van der Waals surface area (Å²) in [6.07, 6.45) is 2.18. The summed E-state index contributed by atoms with van der Waals surface area (Å²) < 4.78 is 28.9. The van der Waals surface area contributed by atoms with Crippen molar-refractivity contribution in [2.75, 3.05) is 0 Å². The lowest BCUT2D eigenvalue weighted by Gasteiger charge is -2.14. The zero-order valence-corrected chi connectivity index (χ0v) is 10.5. The zero-order chi connectivity index (χ0) is 12.0. The molecular weight excluding hydrogens is 224 g/mol. The van der Waals surface area contributed by atoms with Gasteiger partial charge < -0.3 is 0 Å². The quantitative estimate of drug-likeness (QED) is 0.720. The fourth-order valence-corrected chi connectivity index (χ4v) is 2.66. The van der Waals surface area contributed by atoms with Crippen LogP contribution in [0.15, 0.2) is 35.2 Å². The van der Waals surface area contributed by atoms with E-state index in [1.807, 2.05) is 13.8 Å². The molecule has 0 aliphatic heterocycles. The van der Waals surface area contributed by atoms with Gasteiger partial charge >= 0.3 is 0 Å². The van der Waals surface area contributed by atoms with Gasteiger partial charge in [-0.15, -0.1) is 0 Å². The van der Waals surface area contributed by atoms with Crippen LogP contribution in [0.4, 0.5) is 0 Å². The van der Waals surface area contributed by atoms with Gasteiger partial charge in [0.15, 0.2) is 0 Å². The fourth-order valence-electron chi connectivity index (χ4n) is 1.46. The molecule has 0 amide bonds. The third-order valence-corrected chi connectivity index (χ3v) is 3.74. The van der Waals surface area contributed by atoms with Gasteiger partial charge in [0.05, 0.1) is 11.0 Å². The first-order valence-electron chi connectivity index (χ1n) is 5.58. The summed E-state index contributed by atoms with van der Waals surface area (Å²) in [5.41, 5.74) is 0. The highest BCUT2D eigenvalue weighted by atomic mass is 32.2. The molecule has 0 aliphatic rings. The van der Waals surface area contributed by atoms with Gasteiger partial charge in [-0.3, -0.25) is 4.18 Å². The summed E-state index contributed by atoms with van der Waals surface area (Å²) in [7, 11) is -3.59. The molecule has 16 heavy (non-hydrogen) atoms. The molecule has 1 rings (SSSR count). The molecule has 1 unspecified atom stereocenters. The van der Waals surface area contributed by atoms with Gasteiger partial charge in [0.1, 0.15) is 0 Å². The average molecular weight is 242 g/mol. The molecule has 3 nitrogen and oxygen atoms in total. The van der Waals surface area contributed by atoms with Crippen molar-refractivity contribution in [2.24, 2.45) is 0 Å². The SMILES string of the molecule is CCCC(CC)OS(=O)(=O)c1ccccc1. The first kappa shape index (κ1) is 13.2. The van der Waals surface area contributed by atoms with E-state index in [1.165, 1.54) is 0 Å². The Bertz CT molecular complexity index is 398. The molecule has 0 aliphatic carbocycles. The van der Waals surface area contributed by atoms with Crippen LogP contribution in [0.3, 0.4) is 0 Å². The van der Waals surface area contributed by atoms with Crippen molar-refractivity contribution < 1.29 is 12.6 Å². The standard InChI is InChI=1S/C12H18O3S/c1-3-8-11(4-2)15-16(13,14)12-9-6-5-7-10-12/h5-7,9-11H,3-4,8H2,1-2H3. The largest absolute Gasteiger partial charge is 0.297 e. The predicted octanol–water partition coefficient (Wildman–Crippen LogP) is 2.97. The number of hydrogen-bond donors (Lipinski definition) is 0. The topological polar surface area (TPSA) is 43.4 Å². The van der Waals surface area contributed by atoms with Crippen molar-refractivity contribution >= 4 is 10.1 Å². The van der Waals surface area contributed by atoms with E-state index in [9.17, 15) is 8.42 Å². The van der Waals surface area contributed by atoms with Gasteiger partial charge in [0.2, 0.25) is 0 Å². The van der Waals surface area contributed by atoms with E-state index in [1.54, 1.807) is 30.3 Å². The zero-order valence-electron chi connectivity index (χ0n) is 9.72. The lowest BCUT2D eigenvalue weighted by atomic mass is 10.2. The molecule has 90 valence electrons. The number of benzene rings is 1. The Morgan fingerprint density at radius 2 is 1.81 bits per heavy atom. The summed E-state index contributed by atoms with van der Waals surface area (Å²) in [4.78, 5) is 0.226. The summed E-state index contributed by atoms with van der Waals surface area (Å²) >= 11 is 0. The Labute approximate surface area is 97.6 Å². The molecule has 0 radical (unpaired) electrons. The molecule has 1 aromatic carbocycles. The predicted molar refractivity (Wildman–Crippen MR) is 63.7 cm³/mol. The molecule has 0 heterocycles. The van der Waals surface area contributed by atoms with Crippen LogP contribution < -0.4 is 0 Å². The second-order valence-electron chi connectivity index (χ2n) is 3.68. The van der Waals surface area contributed by atoms with Crippen LogP contribution in [0, 0.1) is 0 Å². The van der Waals surface area contributed by atoms with E-state index >= 15 is 0 Å². The summed E-state index contributed by atoms with van der Waals surface area (Å²) in [5.74, 6) is 0. The van der Waals surface area contributed by atoms with Crippen molar-refractivity contribution in [1.29, 1.82) is 0 Å². The highest BCUT2D eigenvalue weighted by Crippen LogP contribution is 2.17. The molecule has 0 aromatic heterocycles. The van der Waals surface area contributed by atoms with Gasteiger partial charge in [0, 0.05) is 0 Å². The molecule has 0 saturated carbocycles. The maximum atomic E-state index is 11.9. The Morgan fingerprint density at radius 3 is 2.31 bits per heavy atom. The van der Waals surface area contributed by atoms with E-state index < -0.39 is 10.1 Å². The molecule has 1 aromatic rings. The van der Waals surface area contributed by atoms with Gasteiger partial charge in [-0.25, -0.2) is 0 Å². The Hall–Kier alpha value is -0.870. The lowest BCUT2D eigenvalue weighted by Crippen LogP contribution is -2.17. The van der Waals surface area contributed by atoms with Crippen molar-refractivity contribution in [3.63, 3.8) is 0 Å². The van der Waals surface area contributed by atoms with Crippen molar-refractivity contribution in [1.82, 2.24) is 0 Å². The van der Waals surface area contributed by atoms with E-state index in [0.717, 1.165) is 12.8 Å². The van der Waals surface area contributed by atoms with Crippen LogP contribution in [-0.2, 0) is 14.3 Å². The average Bonchev–Trinajstić information content (AvgIpc) is 2.29. The minimum Gasteiger partial charge on any atom is -0.263 e. The summed E-state index contributed by atoms with van der Waals surface area (Å²) in [6, 6.07) is 8.26. The van der Waals surface area contributed by atoms with E-state index in [2.05, 4.69) is 0 Å². The van der Waals surface area contributed by atoms with Crippen LogP contribution in [0.5, 0.6) is 0 Å². The molecule has 0 N–H and O–H groups in total. The highest BCUT2D eigenvalue weighted by molar-refractivity contribution is 7.86. The van der Waals surface area contributed by atoms with Crippen molar-refractivity contribution in [3.05, 3.63) is 30.3 Å². The van der Waals surface area contributed by atoms with Gasteiger partial charge in [-0.2, -0.15) is 8.42 Å². The van der Waals surface area contributed by atoms with E-state index in [4.69, 9.17) is 4.18 Å². The van der Waals surface area contributed by atoms with Gasteiger partial charge in [-0.05, 0) is 25.0 Å². The van der Waals surface area contributed by atoms with Gasteiger partial charge in [-0.1, -0.05) is 38.5 Å². The van der Waals surface area contributed by atoms with Crippen LogP contribution in [0.2, 0.25) is 0 Å². The number of rotatable bonds is 6. The first-order chi connectivity index (χ1) is 7.60. The molecule has 0 bridgehead atoms. The van der Waals surface area contributed by atoms with Crippen molar-refractivity contribution in [3.8, 4) is 0 Å². The van der Waals surface area contributed by atoms with E-state index in [0.29, 0.717) is 6.42 Å².